The summed E-state index contributed by atoms with van der Waals surface area (Å²) in [5.74, 6) is 0.423. The average Bonchev–Trinajstić information content (AvgIpc) is 2.80. The third kappa shape index (κ3) is 3.52. The number of nitrogens with one attached hydrogen (secondary N) is 1. The van der Waals surface area contributed by atoms with Crippen molar-refractivity contribution in [1.29, 1.82) is 0 Å². The molecule has 0 aliphatic rings. The lowest BCUT2D eigenvalue weighted by molar-refractivity contribution is 0.834. The zero-order valence-electron chi connectivity index (χ0n) is 10.6. The fourth-order valence-electron chi connectivity index (χ4n) is 1.55. The van der Waals surface area contributed by atoms with Gasteiger partial charge in [-0.3, -0.25) is 0 Å². The highest BCUT2D eigenvalue weighted by atomic mass is 79.9. The topological polar surface area (TPSA) is 50.9 Å². The van der Waals surface area contributed by atoms with Gasteiger partial charge in [0, 0.05) is 15.4 Å². The van der Waals surface area contributed by atoms with E-state index in [1.54, 1.807) is 11.3 Å². The highest BCUT2D eigenvalue weighted by Crippen LogP contribution is 2.28. The van der Waals surface area contributed by atoms with Gasteiger partial charge >= 0.3 is 0 Å². The Morgan fingerprint density at radius 2 is 2.21 bits per heavy atom. The molecule has 3 N–H and O–H groups in total. The van der Waals surface area contributed by atoms with Crippen LogP contribution in [0.2, 0.25) is 0 Å². The molecule has 0 bridgehead atoms. The number of benzene rings is 1. The summed E-state index contributed by atoms with van der Waals surface area (Å²) in [5.41, 5.74) is 8.51. The smallest absolute Gasteiger partial charge is 0.187 e. The van der Waals surface area contributed by atoms with Crippen molar-refractivity contribution < 1.29 is 0 Å². The van der Waals surface area contributed by atoms with Gasteiger partial charge < -0.3 is 11.1 Å². The normalized spacial score (nSPS) is 10.7. The first kappa shape index (κ1) is 14.4. The second-order valence-corrected chi connectivity index (χ2v) is 6.62. The van der Waals surface area contributed by atoms with Crippen LogP contribution in [0.15, 0.2) is 28.1 Å². The average molecular weight is 356 g/mol. The highest BCUT2D eigenvalue weighted by Gasteiger charge is 2.10. The fourth-order valence-corrected chi connectivity index (χ4v) is 2.97. The molecule has 19 heavy (non-hydrogen) atoms. The predicted octanol–water partition coefficient (Wildman–Crippen LogP) is 4.41. The van der Waals surface area contributed by atoms with Crippen LogP contribution in [0.25, 0.3) is 0 Å². The number of nitrogens with zero attached hydrogens (tertiary/aromatic N) is 1. The molecule has 0 spiro atoms. The minimum atomic E-state index is 0.365. The summed E-state index contributed by atoms with van der Waals surface area (Å²) >= 11 is 10.1. The van der Waals surface area contributed by atoms with E-state index in [2.05, 4.69) is 45.5 Å². The van der Waals surface area contributed by atoms with Crippen LogP contribution in [0, 0.1) is 0 Å². The largest absolute Gasteiger partial charge is 0.389 e. The van der Waals surface area contributed by atoms with Crippen LogP contribution < -0.4 is 11.1 Å². The molecule has 1 aromatic heterocycles. The molecule has 0 unspecified atom stereocenters. The monoisotopic (exact) mass is 355 g/mol. The third-order valence-electron chi connectivity index (χ3n) is 2.60. The van der Waals surface area contributed by atoms with E-state index in [0.29, 0.717) is 10.9 Å². The summed E-state index contributed by atoms with van der Waals surface area (Å²) in [7, 11) is 0. The van der Waals surface area contributed by atoms with Gasteiger partial charge in [-0.1, -0.05) is 42.0 Å². The van der Waals surface area contributed by atoms with Crippen molar-refractivity contribution in [3.63, 3.8) is 0 Å². The summed E-state index contributed by atoms with van der Waals surface area (Å²) in [6.07, 6.45) is 0. The Hall–Kier alpha value is -0.980. The minimum absolute atomic E-state index is 0.365. The lowest BCUT2D eigenvalue weighted by Gasteiger charge is -2.09. The van der Waals surface area contributed by atoms with E-state index < -0.39 is 0 Å². The molecular weight excluding hydrogens is 342 g/mol. The number of thiocarbonyl (C=S) groups is 1. The molecule has 0 saturated carbocycles. The quantitative estimate of drug-likeness (QED) is 0.797. The van der Waals surface area contributed by atoms with E-state index >= 15 is 0 Å². The van der Waals surface area contributed by atoms with Crippen molar-refractivity contribution in [2.75, 3.05) is 5.32 Å². The Balaban J connectivity index is 2.29. The molecule has 2 aromatic rings. The van der Waals surface area contributed by atoms with Crippen LogP contribution in [0.4, 0.5) is 10.8 Å². The van der Waals surface area contributed by atoms with Gasteiger partial charge in [-0.2, -0.15) is 0 Å². The number of halogens is 1. The molecule has 3 nitrogen and oxygen atoms in total. The van der Waals surface area contributed by atoms with Gasteiger partial charge in [0.15, 0.2) is 5.13 Å². The summed E-state index contributed by atoms with van der Waals surface area (Å²) < 4.78 is 0.947. The van der Waals surface area contributed by atoms with Crippen molar-refractivity contribution in [3.8, 4) is 0 Å². The van der Waals surface area contributed by atoms with Gasteiger partial charge in [-0.15, -0.1) is 11.3 Å². The van der Waals surface area contributed by atoms with E-state index in [4.69, 9.17) is 18.0 Å². The highest BCUT2D eigenvalue weighted by molar-refractivity contribution is 9.10. The van der Waals surface area contributed by atoms with Gasteiger partial charge in [0.2, 0.25) is 0 Å². The second kappa shape index (κ2) is 5.98. The van der Waals surface area contributed by atoms with Gasteiger partial charge in [0.05, 0.1) is 11.4 Å². The lowest BCUT2D eigenvalue weighted by atomic mass is 10.2. The fraction of sp³-hybridized carbons (Fsp3) is 0.231. The zero-order chi connectivity index (χ0) is 14.0. The summed E-state index contributed by atoms with van der Waals surface area (Å²) in [5, 5.41) is 6.19. The van der Waals surface area contributed by atoms with Gasteiger partial charge in [0.1, 0.15) is 4.99 Å². The zero-order valence-corrected chi connectivity index (χ0v) is 13.8. The number of hydrogen-bond acceptors (Lipinski definition) is 4. The molecule has 2 rings (SSSR count). The molecule has 100 valence electrons. The van der Waals surface area contributed by atoms with Crippen LogP contribution in [-0.4, -0.2) is 9.97 Å². The maximum atomic E-state index is 5.74. The molecule has 0 radical (unpaired) electrons. The number of thiazole rings is 1. The first-order valence-electron chi connectivity index (χ1n) is 5.79. The predicted molar refractivity (Wildman–Crippen MR) is 89.5 cm³/mol. The Morgan fingerprint density at radius 1 is 1.47 bits per heavy atom. The SMILES string of the molecule is CC(C)c1csc(Nc2ccc(Br)cc2C(N)=S)n1. The number of hydrogen-bond donors (Lipinski definition) is 2. The second-order valence-electron chi connectivity index (χ2n) is 4.41. The maximum Gasteiger partial charge on any atom is 0.187 e. The van der Waals surface area contributed by atoms with Gasteiger partial charge in [-0.25, -0.2) is 4.98 Å². The van der Waals surface area contributed by atoms with Gasteiger partial charge in [-0.05, 0) is 24.1 Å². The Bertz CT molecular complexity index is 608. The van der Waals surface area contributed by atoms with Crippen molar-refractivity contribution in [2.24, 2.45) is 5.73 Å². The molecule has 1 aromatic carbocycles. The van der Waals surface area contributed by atoms with Crippen LogP contribution in [0.1, 0.15) is 31.0 Å². The molecule has 6 heteroatoms. The summed E-state index contributed by atoms with van der Waals surface area (Å²) in [6.45, 7) is 4.25. The van der Waals surface area contributed by atoms with E-state index in [0.717, 1.165) is 26.5 Å². The van der Waals surface area contributed by atoms with Crippen LogP contribution in [0.3, 0.4) is 0 Å². The molecule has 0 atom stereocenters. The van der Waals surface area contributed by atoms with Crippen molar-refractivity contribution in [2.45, 2.75) is 19.8 Å². The summed E-state index contributed by atoms with van der Waals surface area (Å²) in [6, 6.07) is 5.79. The molecular formula is C13H14BrN3S2. The Kier molecular flexibility index (Phi) is 4.54. The first-order valence-corrected chi connectivity index (χ1v) is 7.87. The van der Waals surface area contributed by atoms with E-state index in [9.17, 15) is 0 Å². The number of rotatable bonds is 4. The molecule has 0 fully saturated rings. The number of nitrogens with two attached hydrogens (primary N) is 1. The standard InChI is InChI=1S/C13H14BrN3S2/c1-7(2)11-6-19-13(17-11)16-10-4-3-8(14)5-9(10)12(15)18/h3-7H,1-2H3,(H2,15,18)(H,16,17). The lowest BCUT2D eigenvalue weighted by Crippen LogP contribution is -2.12. The summed E-state index contributed by atoms with van der Waals surface area (Å²) in [4.78, 5) is 4.90. The van der Waals surface area contributed by atoms with Crippen LogP contribution in [-0.2, 0) is 0 Å². The third-order valence-corrected chi connectivity index (χ3v) is 4.09. The van der Waals surface area contributed by atoms with E-state index in [1.807, 2.05) is 18.2 Å². The number of anilines is 2. The van der Waals surface area contributed by atoms with Crippen molar-refractivity contribution in [1.82, 2.24) is 4.98 Å². The van der Waals surface area contributed by atoms with Crippen LogP contribution in [0.5, 0.6) is 0 Å². The Labute approximate surface area is 130 Å². The van der Waals surface area contributed by atoms with Crippen molar-refractivity contribution in [3.05, 3.63) is 39.3 Å². The maximum absolute atomic E-state index is 5.74. The van der Waals surface area contributed by atoms with E-state index in [-0.39, 0.29) is 0 Å². The molecule has 0 aliphatic carbocycles. The molecule has 0 saturated heterocycles. The molecule has 0 aliphatic heterocycles. The minimum Gasteiger partial charge on any atom is -0.389 e. The molecule has 1 heterocycles. The molecule has 0 amide bonds. The Morgan fingerprint density at radius 3 is 2.79 bits per heavy atom. The van der Waals surface area contributed by atoms with Gasteiger partial charge in [0.25, 0.3) is 0 Å². The van der Waals surface area contributed by atoms with Crippen LogP contribution >= 0.6 is 39.5 Å². The first-order chi connectivity index (χ1) is 8.97. The van der Waals surface area contributed by atoms with Crippen molar-refractivity contribution >= 4 is 55.3 Å². The number of aromatic nitrogens is 1. The van der Waals surface area contributed by atoms with E-state index in [1.165, 1.54) is 0 Å².